The molecule has 1 fully saturated rings. The number of aryl methyl sites for hydroxylation is 1. The van der Waals surface area contributed by atoms with Gasteiger partial charge in [-0.15, -0.1) is 0 Å². The van der Waals surface area contributed by atoms with E-state index in [9.17, 15) is 4.79 Å². The van der Waals surface area contributed by atoms with E-state index in [-0.39, 0.29) is 5.92 Å². The van der Waals surface area contributed by atoms with Crippen LogP contribution in [-0.2, 0) is 4.79 Å². The standard InChI is InChI=1S/C25H34N2OS/c1-6-27(25(28)21-9-7-8-10-21)24-16-22(15-18(4)19(24)5)20-11-13-23(14-12-20)26-29-17(2)3/h11-17,21,26H,6-10H2,1-5H3. The van der Waals surface area contributed by atoms with Crippen molar-refractivity contribution in [2.24, 2.45) is 5.92 Å². The molecule has 1 amide bonds. The number of hydrogen-bond acceptors (Lipinski definition) is 3. The molecule has 0 bridgehead atoms. The van der Waals surface area contributed by atoms with E-state index in [1.54, 1.807) is 11.9 Å². The Morgan fingerprint density at radius 1 is 1.10 bits per heavy atom. The summed E-state index contributed by atoms with van der Waals surface area (Å²) in [4.78, 5) is 15.2. The predicted molar refractivity (Wildman–Crippen MR) is 128 cm³/mol. The molecule has 29 heavy (non-hydrogen) atoms. The minimum Gasteiger partial charge on any atom is -0.330 e. The molecule has 0 aromatic heterocycles. The normalized spacial score (nSPS) is 14.4. The molecule has 3 nitrogen and oxygen atoms in total. The fourth-order valence-corrected chi connectivity index (χ4v) is 4.55. The molecule has 3 rings (SSSR count). The second kappa shape index (κ2) is 9.71. The summed E-state index contributed by atoms with van der Waals surface area (Å²) in [5.41, 5.74) is 6.96. The summed E-state index contributed by atoms with van der Waals surface area (Å²) < 4.78 is 3.39. The van der Waals surface area contributed by atoms with Crippen LogP contribution in [0.25, 0.3) is 11.1 Å². The summed E-state index contributed by atoms with van der Waals surface area (Å²) in [6, 6.07) is 13.0. The molecule has 4 heteroatoms. The van der Waals surface area contributed by atoms with Crippen molar-refractivity contribution < 1.29 is 4.79 Å². The van der Waals surface area contributed by atoms with E-state index in [0.717, 1.165) is 24.2 Å². The van der Waals surface area contributed by atoms with Gasteiger partial charge in [0.25, 0.3) is 0 Å². The van der Waals surface area contributed by atoms with Crippen molar-refractivity contribution in [3.63, 3.8) is 0 Å². The Hall–Kier alpha value is -1.94. The van der Waals surface area contributed by atoms with Crippen LogP contribution in [0.5, 0.6) is 0 Å². The molecule has 1 aliphatic carbocycles. The first-order valence-electron chi connectivity index (χ1n) is 10.9. The summed E-state index contributed by atoms with van der Waals surface area (Å²) in [5, 5.41) is 0.536. The number of hydrogen-bond donors (Lipinski definition) is 1. The van der Waals surface area contributed by atoms with Crippen LogP contribution in [0.15, 0.2) is 36.4 Å². The van der Waals surface area contributed by atoms with Crippen molar-refractivity contribution in [1.29, 1.82) is 0 Å². The highest BCUT2D eigenvalue weighted by Crippen LogP contribution is 2.34. The van der Waals surface area contributed by atoms with Crippen molar-refractivity contribution >= 4 is 29.2 Å². The van der Waals surface area contributed by atoms with Crippen molar-refractivity contribution in [2.75, 3.05) is 16.2 Å². The van der Waals surface area contributed by atoms with Gasteiger partial charge in [0.1, 0.15) is 0 Å². The van der Waals surface area contributed by atoms with Crippen LogP contribution in [0.1, 0.15) is 57.6 Å². The SMILES string of the molecule is CCN(C(=O)C1CCCC1)c1cc(-c2ccc(NSC(C)C)cc2)cc(C)c1C. The average molecular weight is 411 g/mol. The van der Waals surface area contributed by atoms with E-state index in [1.165, 1.54) is 35.1 Å². The van der Waals surface area contributed by atoms with Gasteiger partial charge in [-0.05, 0) is 86.0 Å². The Balaban J connectivity index is 1.89. The van der Waals surface area contributed by atoms with Crippen LogP contribution in [0, 0.1) is 19.8 Å². The highest BCUT2D eigenvalue weighted by molar-refractivity contribution is 8.01. The summed E-state index contributed by atoms with van der Waals surface area (Å²) in [7, 11) is 0. The third kappa shape index (κ3) is 5.16. The fourth-order valence-electron chi connectivity index (χ4n) is 4.04. The molecule has 0 unspecified atom stereocenters. The number of rotatable bonds is 7. The largest absolute Gasteiger partial charge is 0.330 e. The van der Waals surface area contributed by atoms with Crippen LogP contribution in [0.2, 0.25) is 0 Å². The van der Waals surface area contributed by atoms with E-state index in [4.69, 9.17) is 0 Å². The lowest BCUT2D eigenvalue weighted by molar-refractivity contribution is -0.122. The first-order valence-corrected chi connectivity index (χ1v) is 11.7. The molecule has 0 atom stereocenters. The first kappa shape index (κ1) is 21.8. The summed E-state index contributed by atoms with van der Waals surface area (Å²) in [6.45, 7) is 11.4. The zero-order chi connectivity index (χ0) is 21.0. The van der Waals surface area contributed by atoms with Gasteiger partial charge < -0.3 is 9.62 Å². The molecule has 0 heterocycles. The lowest BCUT2D eigenvalue weighted by Crippen LogP contribution is -2.35. The number of anilines is 2. The maximum Gasteiger partial charge on any atom is 0.230 e. The predicted octanol–water partition coefficient (Wildman–Crippen LogP) is 6.98. The number of carbonyl (C=O) groups is 1. The molecule has 0 saturated heterocycles. The second-order valence-electron chi connectivity index (χ2n) is 8.35. The molecule has 1 aliphatic rings. The second-order valence-corrected chi connectivity index (χ2v) is 9.73. The van der Waals surface area contributed by atoms with Crippen LogP contribution in [0.3, 0.4) is 0 Å². The summed E-state index contributed by atoms with van der Waals surface area (Å²) in [6.07, 6.45) is 4.44. The highest BCUT2D eigenvalue weighted by atomic mass is 32.2. The Morgan fingerprint density at radius 3 is 2.34 bits per heavy atom. The van der Waals surface area contributed by atoms with Crippen LogP contribution in [0.4, 0.5) is 11.4 Å². The van der Waals surface area contributed by atoms with Gasteiger partial charge in [-0.2, -0.15) is 0 Å². The first-order chi connectivity index (χ1) is 13.9. The minimum atomic E-state index is 0.196. The van der Waals surface area contributed by atoms with Gasteiger partial charge >= 0.3 is 0 Å². The van der Waals surface area contributed by atoms with Gasteiger partial charge in [0, 0.05) is 29.1 Å². The summed E-state index contributed by atoms with van der Waals surface area (Å²) in [5.74, 6) is 0.497. The molecule has 0 radical (unpaired) electrons. The van der Waals surface area contributed by atoms with E-state index in [0.29, 0.717) is 17.7 Å². The van der Waals surface area contributed by atoms with E-state index in [1.807, 2.05) is 4.90 Å². The van der Waals surface area contributed by atoms with Gasteiger partial charge in [0.15, 0.2) is 0 Å². The maximum absolute atomic E-state index is 13.2. The highest BCUT2D eigenvalue weighted by Gasteiger charge is 2.28. The Bertz CT molecular complexity index is 839. The molecule has 1 N–H and O–H groups in total. The Morgan fingerprint density at radius 2 is 1.76 bits per heavy atom. The number of benzene rings is 2. The smallest absolute Gasteiger partial charge is 0.230 e. The van der Waals surface area contributed by atoms with Gasteiger partial charge in [-0.1, -0.05) is 44.9 Å². The molecule has 0 aliphatic heterocycles. The number of carbonyl (C=O) groups excluding carboxylic acids is 1. The Kier molecular flexibility index (Phi) is 7.28. The van der Waals surface area contributed by atoms with E-state index >= 15 is 0 Å². The van der Waals surface area contributed by atoms with Gasteiger partial charge in [-0.3, -0.25) is 4.79 Å². The van der Waals surface area contributed by atoms with Crippen LogP contribution < -0.4 is 9.62 Å². The number of nitrogens with zero attached hydrogens (tertiary/aromatic N) is 1. The lowest BCUT2D eigenvalue weighted by atomic mass is 9.97. The molecule has 2 aromatic carbocycles. The van der Waals surface area contributed by atoms with Crippen LogP contribution in [-0.4, -0.2) is 17.7 Å². The molecule has 156 valence electrons. The van der Waals surface area contributed by atoms with E-state index < -0.39 is 0 Å². The fraction of sp³-hybridized carbons (Fsp3) is 0.480. The van der Waals surface area contributed by atoms with Gasteiger partial charge in [-0.25, -0.2) is 0 Å². The van der Waals surface area contributed by atoms with Crippen molar-refractivity contribution in [2.45, 2.75) is 65.6 Å². The quantitative estimate of drug-likeness (QED) is 0.500. The van der Waals surface area contributed by atoms with Crippen molar-refractivity contribution in [3.05, 3.63) is 47.5 Å². The minimum absolute atomic E-state index is 0.196. The van der Waals surface area contributed by atoms with Gasteiger partial charge in [0.05, 0.1) is 0 Å². The van der Waals surface area contributed by atoms with Crippen molar-refractivity contribution in [1.82, 2.24) is 0 Å². The van der Waals surface area contributed by atoms with E-state index in [2.05, 4.69) is 75.7 Å². The Labute approximate surface area is 180 Å². The molecular formula is C25H34N2OS. The monoisotopic (exact) mass is 410 g/mol. The molecule has 2 aromatic rings. The van der Waals surface area contributed by atoms with Crippen molar-refractivity contribution in [3.8, 4) is 11.1 Å². The lowest BCUT2D eigenvalue weighted by Gasteiger charge is -2.27. The number of amides is 1. The molecule has 0 spiro atoms. The third-order valence-corrected chi connectivity index (χ3v) is 6.67. The number of nitrogens with one attached hydrogen (secondary N) is 1. The maximum atomic E-state index is 13.2. The zero-order valence-corrected chi connectivity index (χ0v) is 19.2. The van der Waals surface area contributed by atoms with Gasteiger partial charge in [0.2, 0.25) is 5.91 Å². The summed E-state index contributed by atoms with van der Waals surface area (Å²) >= 11 is 1.72. The third-order valence-electron chi connectivity index (χ3n) is 5.85. The van der Waals surface area contributed by atoms with Crippen LogP contribution >= 0.6 is 11.9 Å². The molecule has 1 saturated carbocycles. The zero-order valence-electron chi connectivity index (χ0n) is 18.4. The topological polar surface area (TPSA) is 32.3 Å². The molecular weight excluding hydrogens is 376 g/mol. The average Bonchev–Trinajstić information content (AvgIpc) is 3.25.